The summed E-state index contributed by atoms with van der Waals surface area (Å²) in [6.45, 7) is 6.80. The molecule has 2 aromatic carbocycles. The van der Waals surface area contributed by atoms with Gasteiger partial charge in [-0.15, -0.1) is 0 Å². The van der Waals surface area contributed by atoms with Crippen molar-refractivity contribution in [1.29, 1.82) is 0 Å². The van der Waals surface area contributed by atoms with Gasteiger partial charge in [-0.3, -0.25) is 4.79 Å². The number of carbonyl (C=O) groups excluding carboxylic acids is 1. The van der Waals surface area contributed by atoms with Crippen LogP contribution in [0.5, 0.6) is 0 Å². The standard InChI is InChI=1S/C21H25FN2O3S/c1-14-9-15(2)13-24(12-14)28(26,27)19-6-4-5-17(10-19)21(25)23-20-11-18(22)8-7-16(20)3/h4-8,10-11,14-15H,9,12-13H2,1-3H3,(H,23,25). The summed E-state index contributed by atoms with van der Waals surface area (Å²) in [5, 5.41) is 2.65. The third kappa shape index (κ3) is 4.42. The van der Waals surface area contributed by atoms with Crippen molar-refractivity contribution in [1.82, 2.24) is 4.31 Å². The first-order chi connectivity index (χ1) is 13.2. The Hall–Kier alpha value is -2.25. The average molecular weight is 405 g/mol. The van der Waals surface area contributed by atoms with Gasteiger partial charge in [-0.25, -0.2) is 12.8 Å². The molecule has 0 radical (unpaired) electrons. The van der Waals surface area contributed by atoms with Crippen molar-refractivity contribution in [2.45, 2.75) is 32.1 Å². The van der Waals surface area contributed by atoms with E-state index in [1.807, 2.05) is 13.8 Å². The zero-order valence-electron chi connectivity index (χ0n) is 16.3. The number of sulfonamides is 1. The molecule has 2 aromatic rings. The zero-order chi connectivity index (χ0) is 20.5. The van der Waals surface area contributed by atoms with Crippen LogP contribution in [0.3, 0.4) is 0 Å². The summed E-state index contributed by atoms with van der Waals surface area (Å²) in [6, 6.07) is 10.1. The van der Waals surface area contributed by atoms with Crippen molar-refractivity contribution >= 4 is 21.6 Å². The molecule has 2 unspecified atom stereocenters. The highest BCUT2D eigenvalue weighted by molar-refractivity contribution is 7.89. The Balaban J connectivity index is 1.85. The Morgan fingerprint density at radius 2 is 1.79 bits per heavy atom. The van der Waals surface area contributed by atoms with E-state index in [1.54, 1.807) is 25.1 Å². The summed E-state index contributed by atoms with van der Waals surface area (Å²) in [7, 11) is -3.68. The number of nitrogens with zero attached hydrogens (tertiary/aromatic N) is 1. The predicted octanol–water partition coefficient (Wildman–Crippen LogP) is 4.05. The first kappa shape index (κ1) is 20.5. The van der Waals surface area contributed by atoms with Crippen LogP contribution in [0.4, 0.5) is 10.1 Å². The largest absolute Gasteiger partial charge is 0.322 e. The van der Waals surface area contributed by atoms with Gasteiger partial charge in [0.25, 0.3) is 5.91 Å². The fraction of sp³-hybridized carbons (Fsp3) is 0.381. The Morgan fingerprint density at radius 3 is 2.46 bits per heavy atom. The van der Waals surface area contributed by atoms with Crippen molar-refractivity contribution < 1.29 is 17.6 Å². The number of hydrogen-bond acceptors (Lipinski definition) is 3. The Bertz CT molecular complexity index is 981. The molecule has 0 aromatic heterocycles. The second-order valence-corrected chi connectivity index (χ2v) is 9.65. The van der Waals surface area contributed by atoms with E-state index in [2.05, 4.69) is 5.32 Å². The molecule has 28 heavy (non-hydrogen) atoms. The fourth-order valence-corrected chi connectivity index (χ4v) is 5.40. The number of anilines is 1. The maximum absolute atomic E-state index is 13.5. The second kappa shape index (κ2) is 8.01. The molecule has 1 heterocycles. The first-order valence-corrected chi connectivity index (χ1v) is 10.8. The Labute approximate surface area is 165 Å². The van der Waals surface area contributed by atoms with Gasteiger partial charge in [0.15, 0.2) is 0 Å². The molecule has 1 fully saturated rings. The van der Waals surface area contributed by atoms with Crippen LogP contribution >= 0.6 is 0 Å². The second-order valence-electron chi connectivity index (χ2n) is 7.71. The van der Waals surface area contributed by atoms with E-state index in [4.69, 9.17) is 0 Å². The molecule has 1 aliphatic heterocycles. The molecule has 2 atom stereocenters. The highest BCUT2D eigenvalue weighted by atomic mass is 32.2. The van der Waals surface area contributed by atoms with E-state index in [0.29, 0.717) is 30.6 Å². The van der Waals surface area contributed by atoms with Gasteiger partial charge >= 0.3 is 0 Å². The zero-order valence-corrected chi connectivity index (χ0v) is 17.1. The molecule has 0 spiro atoms. The van der Waals surface area contributed by atoms with E-state index in [1.165, 1.54) is 28.6 Å². The number of aryl methyl sites for hydroxylation is 1. The van der Waals surface area contributed by atoms with E-state index >= 15 is 0 Å². The quantitative estimate of drug-likeness (QED) is 0.836. The third-order valence-electron chi connectivity index (χ3n) is 5.02. The van der Waals surface area contributed by atoms with Crippen LogP contribution in [0.2, 0.25) is 0 Å². The van der Waals surface area contributed by atoms with E-state index < -0.39 is 21.7 Å². The number of piperidine rings is 1. The fourth-order valence-electron chi connectivity index (χ4n) is 3.67. The van der Waals surface area contributed by atoms with Crippen LogP contribution in [0.15, 0.2) is 47.4 Å². The van der Waals surface area contributed by atoms with Gasteiger partial charge in [0, 0.05) is 24.3 Å². The predicted molar refractivity (Wildman–Crippen MR) is 107 cm³/mol. The van der Waals surface area contributed by atoms with E-state index in [-0.39, 0.29) is 10.5 Å². The summed E-state index contributed by atoms with van der Waals surface area (Å²) in [4.78, 5) is 12.7. The summed E-state index contributed by atoms with van der Waals surface area (Å²) in [5.74, 6) is -0.349. The van der Waals surface area contributed by atoms with Crippen LogP contribution in [0, 0.1) is 24.6 Å². The number of nitrogens with one attached hydrogen (secondary N) is 1. The topological polar surface area (TPSA) is 66.5 Å². The number of halogens is 1. The van der Waals surface area contributed by atoms with Gasteiger partial charge < -0.3 is 5.32 Å². The summed E-state index contributed by atoms with van der Waals surface area (Å²) >= 11 is 0. The molecule has 7 heteroatoms. The Kier molecular flexibility index (Phi) is 5.86. The van der Waals surface area contributed by atoms with E-state index in [9.17, 15) is 17.6 Å². The molecular weight excluding hydrogens is 379 g/mol. The molecule has 150 valence electrons. The van der Waals surface area contributed by atoms with Gasteiger partial charge in [-0.2, -0.15) is 4.31 Å². The maximum atomic E-state index is 13.5. The number of hydrogen-bond donors (Lipinski definition) is 1. The lowest BCUT2D eigenvalue weighted by Gasteiger charge is -2.34. The number of amides is 1. The van der Waals surface area contributed by atoms with Crippen LogP contribution in [-0.2, 0) is 10.0 Å². The molecule has 1 amide bonds. The number of rotatable bonds is 4. The maximum Gasteiger partial charge on any atom is 0.255 e. The molecule has 1 saturated heterocycles. The lowest BCUT2D eigenvalue weighted by atomic mass is 9.94. The lowest BCUT2D eigenvalue weighted by Crippen LogP contribution is -2.42. The normalized spacial score (nSPS) is 20.7. The number of benzene rings is 2. The minimum absolute atomic E-state index is 0.0948. The molecule has 0 aliphatic carbocycles. The van der Waals surface area contributed by atoms with Crippen LogP contribution in [0.1, 0.15) is 36.2 Å². The molecular formula is C21H25FN2O3S. The Morgan fingerprint density at radius 1 is 1.11 bits per heavy atom. The molecule has 1 N–H and O–H groups in total. The molecule has 5 nitrogen and oxygen atoms in total. The van der Waals surface area contributed by atoms with Gasteiger partial charge in [0.2, 0.25) is 10.0 Å². The summed E-state index contributed by atoms with van der Waals surface area (Å²) in [5.41, 5.74) is 1.29. The molecule has 3 rings (SSSR count). The van der Waals surface area contributed by atoms with Crippen molar-refractivity contribution in [3.63, 3.8) is 0 Å². The SMILES string of the molecule is Cc1ccc(F)cc1NC(=O)c1cccc(S(=O)(=O)N2CC(C)CC(C)C2)c1. The minimum Gasteiger partial charge on any atom is -0.322 e. The third-order valence-corrected chi connectivity index (χ3v) is 6.84. The minimum atomic E-state index is -3.68. The summed E-state index contributed by atoms with van der Waals surface area (Å²) < 4.78 is 41.1. The lowest BCUT2D eigenvalue weighted by molar-refractivity contribution is 0.102. The van der Waals surface area contributed by atoms with Gasteiger partial charge in [0.1, 0.15) is 5.82 Å². The first-order valence-electron chi connectivity index (χ1n) is 9.34. The van der Waals surface area contributed by atoms with Crippen molar-refractivity contribution in [3.05, 3.63) is 59.4 Å². The van der Waals surface area contributed by atoms with Gasteiger partial charge in [0.05, 0.1) is 4.90 Å². The van der Waals surface area contributed by atoms with E-state index in [0.717, 1.165) is 12.0 Å². The van der Waals surface area contributed by atoms with Crippen LogP contribution in [0.25, 0.3) is 0 Å². The highest BCUT2D eigenvalue weighted by Gasteiger charge is 2.32. The molecule has 0 saturated carbocycles. The average Bonchev–Trinajstić information content (AvgIpc) is 2.64. The van der Waals surface area contributed by atoms with Gasteiger partial charge in [-0.05, 0) is 61.1 Å². The number of carbonyl (C=O) groups is 1. The van der Waals surface area contributed by atoms with Crippen molar-refractivity contribution in [3.8, 4) is 0 Å². The van der Waals surface area contributed by atoms with Crippen LogP contribution in [-0.4, -0.2) is 31.7 Å². The molecule has 0 bridgehead atoms. The molecule has 1 aliphatic rings. The van der Waals surface area contributed by atoms with Crippen LogP contribution < -0.4 is 5.32 Å². The smallest absolute Gasteiger partial charge is 0.255 e. The highest BCUT2D eigenvalue weighted by Crippen LogP contribution is 2.27. The summed E-state index contributed by atoms with van der Waals surface area (Å²) in [6.07, 6.45) is 1.00. The van der Waals surface area contributed by atoms with Gasteiger partial charge in [-0.1, -0.05) is 26.0 Å². The monoisotopic (exact) mass is 404 g/mol. The van der Waals surface area contributed by atoms with Crippen molar-refractivity contribution in [2.24, 2.45) is 11.8 Å². The van der Waals surface area contributed by atoms with Crippen molar-refractivity contribution in [2.75, 3.05) is 18.4 Å².